The van der Waals surface area contributed by atoms with E-state index in [-0.39, 0.29) is 16.4 Å². The highest BCUT2D eigenvalue weighted by molar-refractivity contribution is 7.14. The van der Waals surface area contributed by atoms with E-state index in [1.54, 1.807) is 35.7 Å². The Bertz CT molecular complexity index is 882. The van der Waals surface area contributed by atoms with E-state index in [1.165, 1.54) is 23.5 Å². The lowest BCUT2D eigenvalue weighted by Gasteiger charge is -2.05. The van der Waals surface area contributed by atoms with Crippen LogP contribution in [0.25, 0.3) is 11.3 Å². The van der Waals surface area contributed by atoms with Crippen molar-refractivity contribution in [2.45, 2.75) is 0 Å². The molecule has 7 heteroatoms. The molecule has 0 unspecified atom stereocenters. The summed E-state index contributed by atoms with van der Waals surface area (Å²) in [6.07, 6.45) is 0. The van der Waals surface area contributed by atoms with Gasteiger partial charge in [0.05, 0.1) is 21.3 Å². The van der Waals surface area contributed by atoms with Gasteiger partial charge in [0.15, 0.2) is 5.13 Å². The fourth-order valence-electron chi connectivity index (χ4n) is 1.96. The molecule has 0 aliphatic heterocycles. The Hall–Kier alpha value is -1.95. The van der Waals surface area contributed by atoms with E-state index in [4.69, 9.17) is 23.2 Å². The zero-order chi connectivity index (χ0) is 16.4. The summed E-state index contributed by atoms with van der Waals surface area (Å²) in [5.41, 5.74) is 1.49. The van der Waals surface area contributed by atoms with Crippen LogP contribution in [0.15, 0.2) is 47.8 Å². The second kappa shape index (κ2) is 6.66. The van der Waals surface area contributed by atoms with Crippen molar-refractivity contribution in [3.8, 4) is 11.3 Å². The first kappa shape index (κ1) is 15.9. The molecule has 3 nitrogen and oxygen atoms in total. The van der Waals surface area contributed by atoms with Gasteiger partial charge in [0.25, 0.3) is 5.91 Å². The number of halogens is 3. The third kappa shape index (κ3) is 3.52. The van der Waals surface area contributed by atoms with Crippen molar-refractivity contribution < 1.29 is 9.18 Å². The van der Waals surface area contributed by atoms with Crippen molar-refractivity contribution in [1.29, 1.82) is 0 Å². The largest absolute Gasteiger partial charge is 0.298 e. The van der Waals surface area contributed by atoms with Gasteiger partial charge in [-0.25, -0.2) is 9.37 Å². The van der Waals surface area contributed by atoms with Gasteiger partial charge in [-0.1, -0.05) is 41.4 Å². The molecule has 0 aliphatic carbocycles. The fourth-order valence-corrected chi connectivity index (χ4v) is 3.06. The van der Waals surface area contributed by atoms with E-state index in [2.05, 4.69) is 10.3 Å². The summed E-state index contributed by atoms with van der Waals surface area (Å²) < 4.78 is 13.3. The number of benzene rings is 2. The maximum absolute atomic E-state index is 13.3. The van der Waals surface area contributed by atoms with E-state index in [9.17, 15) is 9.18 Å². The van der Waals surface area contributed by atoms with Crippen LogP contribution in [0.1, 0.15) is 10.4 Å². The molecule has 1 aromatic heterocycles. The molecule has 0 radical (unpaired) electrons. The minimum Gasteiger partial charge on any atom is -0.298 e. The number of nitrogens with zero attached hydrogens (tertiary/aromatic N) is 1. The summed E-state index contributed by atoms with van der Waals surface area (Å²) in [4.78, 5) is 16.5. The van der Waals surface area contributed by atoms with Gasteiger partial charge in [-0.2, -0.15) is 0 Å². The second-order valence-electron chi connectivity index (χ2n) is 4.60. The molecule has 23 heavy (non-hydrogen) atoms. The zero-order valence-electron chi connectivity index (χ0n) is 11.5. The number of anilines is 1. The number of carbonyl (C=O) groups excluding carboxylic acids is 1. The molecular weight excluding hydrogens is 358 g/mol. The summed E-state index contributed by atoms with van der Waals surface area (Å²) >= 11 is 13.2. The predicted octanol–water partition coefficient (Wildman–Crippen LogP) is 5.51. The molecule has 3 rings (SSSR count). The molecule has 1 amide bonds. The summed E-state index contributed by atoms with van der Waals surface area (Å²) in [6.45, 7) is 0. The topological polar surface area (TPSA) is 42.0 Å². The Morgan fingerprint density at radius 3 is 2.74 bits per heavy atom. The van der Waals surface area contributed by atoms with Gasteiger partial charge in [-0.15, -0.1) is 11.3 Å². The van der Waals surface area contributed by atoms with E-state index < -0.39 is 5.91 Å². The number of hydrogen-bond donors (Lipinski definition) is 1. The van der Waals surface area contributed by atoms with Crippen LogP contribution in [0.5, 0.6) is 0 Å². The molecule has 1 heterocycles. The smallest absolute Gasteiger partial charge is 0.259 e. The summed E-state index contributed by atoms with van der Waals surface area (Å²) in [5, 5.41) is 5.29. The maximum Gasteiger partial charge on any atom is 0.259 e. The summed E-state index contributed by atoms with van der Waals surface area (Å²) in [5.74, 6) is -0.746. The number of amides is 1. The SMILES string of the molecule is O=C(Nc1nc(-c2cccc(F)c2)cs1)c1cccc(Cl)c1Cl. The minimum absolute atomic E-state index is 0.188. The normalized spacial score (nSPS) is 10.6. The van der Waals surface area contributed by atoms with Gasteiger partial charge in [0, 0.05) is 10.9 Å². The lowest BCUT2D eigenvalue weighted by molar-refractivity contribution is 0.102. The lowest BCUT2D eigenvalue weighted by Crippen LogP contribution is -2.12. The van der Waals surface area contributed by atoms with E-state index >= 15 is 0 Å². The molecule has 0 spiro atoms. The highest BCUT2D eigenvalue weighted by atomic mass is 35.5. The van der Waals surface area contributed by atoms with Crippen LogP contribution in [0.2, 0.25) is 10.0 Å². The van der Waals surface area contributed by atoms with Gasteiger partial charge in [0.1, 0.15) is 5.82 Å². The van der Waals surface area contributed by atoms with Crippen LogP contribution in [-0.2, 0) is 0 Å². The lowest BCUT2D eigenvalue weighted by atomic mass is 10.2. The third-order valence-electron chi connectivity index (χ3n) is 3.04. The first-order valence-corrected chi connectivity index (χ1v) is 8.15. The number of nitrogens with one attached hydrogen (secondary N) is 1. The molecule has 0 saturated carbocycles. The monoisotopic (exact) mass is 366 g/mol. The van der Waals surface area contributed by atoms with E-state index in [0.717, 1.165) is 0 Å². The zero-order valence-corrected chi connectivity index (χ0v) is 13.8. The van der Waals surface area contributed by atoms with Crippen molar-refractivity contribution in [3.63, 3.8) is 0 Å². The molecular formula is C16H9Cl2FN2OS. The predicted molar refractivity (Wildman–Crippen MR) is 91.9 cm³/mol. The van der Waals surface area contributed by atoms with Crippen molar-refractivity contribution in [1.82, 2.24) is 4.98 Å². The van der Waals surface area contributed by atoms with Gasteiger partial charge in [-0.05, 0) is 24.3 Å². The van der Waals surface area contributed by atoms with Crippen LogP contribution in [0.4, 0.5) is 9.52 Å². The number of aromatic nitrogens is 1. The summed E-state index contributed by atoms with van der Waals surface area (Å²) in [6, 6.07) is 10.9. The van der Waals surface area contributed by atoms with Gasteiger partial charge in [0.2, 0.25) is 0 Å². The number of carbonyl (C=O) groups is 1. The minimum atomic E-state index is -0.405. The molecule has 1 N–H and O–H groups in total. The average Bonchev–Trinajstić information content (AvgIpc) is 2.98. The first-order valence-electron chi connectivity index (χ1n) is 6.51. The Morgan fingerprint density at radius 2 is 1.96 bits per heavy atom. The van der Waals surface area contributed by atoms with Crippen LogP contribution >= 0.6 is 34.5 Å². The Balaban J connectivity index is 1.82. The molecule has 0 bridgehead atoms. The molecule has 2 aromatic carbocycles. The second-order valence-corrected chi connectivity index (χ2v) is 6.25. The third-order valence-corrected chi connectivity index (χ3v) is 4.62. The van der Waals surface area contributed by atoms with E-state index in [0.29, 0.717) is 21.4 Å². The number of hydrogen-bond acceptors (Lipinski definition) is 3. The Labute approximate surface area is 145 Å². The van der Waals surface area contributed by atoms with E-state index in [1.807, 2.05) is 0 Å². The Morgan fingerprint density at radius 1 is 1.17 bits per heavy atom. The van der Waals surface area contributed by atoms with Crippen molar-refractivity contribution >= 4 is 45.6 Å². The molecule has 0 saturated heterocycles. The number of thiazole rings is 1. The van der Waals surface area contributed by atoms with Crippen LogP contribution in [-0.4, -0.2) is 10.9 Å². The Kier molecular flexibility index (Phi) is 4.61. The van der Waals surface area contributed by atoms with Crippen molar-refractivity contribution in [2.24, 2.45) is 0 Å². The highest BCUT2D eigenvalue weighted by Gasteiger charge is 2.14. The molecule has 0 aliphatic rings. The van der Waals surface area contributed by atoms with Crippen molar-refractivity contribution in [3.05, 3.63) is 69.3 Å². The molecule has 116 valence electrons. The van der Waals surface area contributed by atoms with Crippen LogP contribution in [0, 0.1) is 5.82 Å². The van der Waals surface area contributed by atoms with Gasteiger partial charge < -0.3 is 0 Å². The quantitative estimate of drug-likeness (QED) is 0.663. The van der Waals surface area contributed by atoms with Crippen LogP contribution in [0.3, 0.4) is 0 Å². The van der Waals surface area contributed by atoms with Crippen molar-refractivity contribution in [2.75, 3.05) is 5.32 Å². The van der Waals surface area contributed by atoms with Gasteiger partial charge in [-0.3, -0.25) is 10.1 Å². The standard InChI is InChI=1S/C16H9Cl2FN2OS/c17-12-6-2-5-11(14(12)18)15(22)21-16-20-13(8-23-16)9-3-1-4-10(19)7-9/h1-8H,(H,20,21,22). The maximum atomic E-state index is 13.3. The first-order chi connectivity index (χ1) is 11.0. The average molecular weight is 367 g/mol. The van der Waals surface area contributed by atoms with Gasteiger partial charge >= 0.3 is 0 Å². The molecule has 0 fully saturated rings. The molecule has 0 atom stereocenters. The fraction of sp³-hybridized carbons (Fsp3) is 0. The summed E-state index contributed by atoms with van der Waals surface area (Å²) in [7, 11) is 0. The molecule has 3 aromatic rings. The van der Waals surface area contributed by atoms with Crippen LogP contribution < -0.4 is 5.32 Å². The highest BCUT2D eigenvalue weighted by Crippen LogP contribution is 2.28. The number of rotatable bonds is 3.